The lowest BCUT2D eigenvalue weighted by molar-refractivity contribution is -0.104. The molecule has 120 valence electrons. The minimum Gasteiger partial charge on any atom is -0.193 e. The van der Waals surface area contributed by atoms with Crippen LogP contribution in [0, 0.1) is 51.8 Å². The van der Waals surface area contributed by atoms with E-state index in [1.807, 2.05) is 0 Å². The van der Waals surface area contributed by atoms with Gasteiger partial charge in [-0.05, 0) is 85.4 Å². The molecule has 0 heterocycles. The second-order valence-electron chi connectivity index (χ2n) is 9.57. The van der Waals surface area contributed by atoms with Crippen LogP contribution in [-0.4, -0.2) is 0 Å². The first-order valence-corrected chi connectivity index (χ1v) is 9.58. The van der Waals surface area contributed by atoms with Crippen molar-refractivity contribution >= 4 is 0 Å². The van der Waals surface area contributed by atoms with Crippen molar-refractivity contribution in [1.29, 1.82) is 5.26 Å². The SMILES string of the molecule is C[C@H]1CC[C@]2(C)[C@H](CC[C@H]3[C@H]2CC[C@@]2(C)C=C(C#N)C[C@H]32)C1. The highest BCUT2D eigenvalue weighted by Crippen LogP contribution is 2.65. The molecule has 0 bridgehead atoms. The summed E-state index contributed by atoms with van der Waals surface area (Å²) in [5, 5.41) is 9.37. The van der Waals surface area contributed by atoms with E-state index >= 15 is 0 Å². The molecule has 0 aliphatic heterocycles. The van der Waals surface area contributed by atoms with Crippen molar-refractivity contribution in [2.75, 3.05) is 0 Å². The van der Waals surface area contributed by atoms with E-state index in [9.17, 15) is 5.26 Å². The monoisotopic (exact) mass is 297 g/mol. The van der Waals surface area contributed by atoms with Crippen LogP contribution in [0.5, 0.6) is 0 Å². The van der Waals surface area contributed by atoms with Crippen molar-refractivity contribution in [3.8, 4) is 6.07 Å². The summed E-state index contributed by atoms with van der Waals surface area (Å²) in [6.45, 7) is 7.54. The third kappa shape index (κ3) is 1.95. The molecule has 7 atom stereocenters. The van der Waals surface area contributed by atoms with Gasteiger partial charge in [0.2, 0.25) is 0 Å². The first-order valence-electron chi connectivity index (χ1n) is 9.58. The Hall–Kier alpha value is -0.770. The Morgan fingerprint density at radius 1 is 1.09 bits per heavy atom. The van der Waals surface area contributed by atoms with Gasteiger partial charge < -0.3 is 0 Å². The Morgan fingerprint density at radius 3 is 2.68 bits per heavy atom. The average molecular weight is 297 g/mol. The van der Waals surface area contributed by atoms with Crippen LogP contribution in [0.2, 0.25) is 0 Å². The molecule has 1 nitrogen and oxygen atoms in total. The van der Waals surface area contributed by atoms with E-state index in [1.54, 1.807) is 0 Å². The molecule has 22 heavy (non-hydrogen) atoms. The van der Waals surface area contributed by atoms with Crippen LogP contribution < -0.4 is 0 Å². The normalized spacial score (nSPS) is 53.7. The minimum atomic E-state index is 0.331. The van der Waals surface area contributed by atoms with Crippen LogP contribution >= 0.6 is 0 Å². The number of fused-ring (bicyclic) bond motifs is 5. The fourth-order valence-corrected chi connectivity index (χ4v) is 7.16. The van der Waals surface area contributed by atoms with Crippen LogP contribution in [0.25, 0.3) is 0 Å². The molecular formula is C21H31N. The van der Waals surface area contributed by atoms with Crippen LogP contribution in [0.1, 0.15) is 72.1 Å². The zero-order valence-corrected chi connectivity index (χ0v) is 14.6. The highest BCUT2D eigenvalue weighted by atomic mass is 14.6. The van der Waals surface area contributed by atoms with E-state index in [2.05, 4.69) is 32.9 Å². The zero-order chi connectivity index (χ0) is 15.5. The third-order valence-electron chi connectivity index (χ3n) is 8.45. The molecule has 0 aromatic heterocycles. The Kier molecular flexibility index (Phi) is 3.27. The molecule has 3 saturated carbocycles. The van der Waals surface area contributed by atoms with Crippen LogP contribution in [-0.2, 0) is 0 Å². The lowest BCUT2D eigenvalue weighted by Crippen LogP contribution is -2.52. The van der Waals surface area contributed by atoms with E-state index in [0.29, 0.717) is 10.8 Å². The summed E-state index contributed by atoms with van der Waals surface area (Å²) in [5.74, 6) is 4.50. The molecule has 4 aliphatic rings. The molecule has 1 heteroatoms. The number of nitrogens with zero attached hydrogens (tertiary/aromatic N) is 1. The first-order chi connectivity index (χ1) is 10.5. The van der Waals surface area contributed by atoms with Gasteiger partial charge >= 0.3 is 0 Å². The molecule has 0 spiro atoms. The van der Waals surface area contributed by atoms with Gasteiger partial charge in [-0.25, -0.2) is 0 Å². The van der Waals surface area contributed by atoms with Crippen LogP contribution in [0.3, 0.4) is 0 Å². The molecule has 0 saturated heterocycles. The third-order valence-corrected chi connectivity index (χ3v) is 8.45. The number of hydrogen-bond donors (Lipinski definition) is 0. The smallest absolute Gasteiger partial charge is 0.0944 e. The fourth-order valence-electron chi connectivity index (χ4n) is 7.16. The molecule has 3 fully saturated rings. The molecule has 4 aliphatic carbocycles. The molecule has 0 amide bonds. The van der Waals surface area contributed by atoms with Gasteiger partial charge in [-0.1, -0.05) is 33.3 Å². The van der Waals surface area contributed by atoms with E-state index in [1.165, 1.54) is 44.9 Å². The maximum Gasteiger partial charge on any atom is 0.0944 e. The van der Waals surface area contributed by atoms with Gasteiger partial charge in [0.25, 0.3) is 0 Å². The van der Waals surface area contributed by atoms with Crippen molar-refractivity contribution in [3.63, 3.8) is 0 Å². The molecule has 0 aromatic carbocycles. The Balaban J connectivity index is 1.63. The molecule has 0 aromatic rings. The topological polar surface area (TPSA) is 23.8 Å². The van der Waals surface area contributed by atoms with E-state index in [-0.39, 0.29) is 0 Å². The number of allylic oxidation sites excluding steroid dienone is 2. The van der Waals surface area contributed by atoms with Crippen molar-refractivity contribution in [1.82, 2.24) is 0 Å². The van der Waals surface area contributed by atoms with Crippen molar-refractivity contribution in [3.05, 3.63) is 11.6 Å². The van der Waals surface area contributed by atoms with Crippen LogP contribution in [0.15, 0.2) is 11.6 Å². The van der Waals surface area contributed by atoms with Crippen molar-refractivity contribution < 1.29 is 0 Å². The summed E-state index contributed by atoms with van der Waals surface area (Å²) < 4.78 is 0. The maximum atomic E-state index is 9.37. The van der Waals surface area contributed by atoms with Gasteiger partial charge in [-0.2, -0.15) is 5.26 Å². The second kappa shape index (κ2) is 4.86. The Bertz CT molecular complexity index is 541. The largest absolute Gasteiger partial charge is 0.193 e. The molecule has 0 N–H and O–H groups in total. The van der Waals surface area contributed by atoms with Gasteiger partial charge in [0, 0.05) is 5.57 Å². The summed E-state index contributed by atoms with van der Waals surface area (Å²) in [5.41, 5.74) is 2.02. The fraction of sp³-hybridized carbons (Fsp3) is 0.857. The van der Waals surface area contributed by atoms with Gasteiger partial charge in [-0.15, -0.1) is 0 Å². The predicted octanol–water partition coefficient (Wildman–Crippen LogP) is 5.73. The summed E-state index contributed by atoms with van der Waals surface area (Å²) in [6.07, 6.45) is 13.4. The first kappa shape index (κ1) is 14.8. The Labute approximate surface area is 136 Å². The summed E-state index contributed by atoms with van der Waals surface area (Å²) in [7, 11) is 0. The Morgan fingerprint density at radius 2 is 1.91 bits per heavy atom. The molecule has 0 unspecified atom stereocenters. The summed E-state index contributed by atoms with van der Waals surface area (Å²) in [6, 6.07) is 2.47. The van der Waals surface area contributed by atoms with Crippen LogP contribution in [0.4, 0.5) is 0 Å². The zero-order valence-electron chi connectivity index (χ0n) is 14.6. The second-order valence-corrected chi connectivity index (χ2v) is 9.57. The summed E-state index contributed by atoms with van der Waals surface area (Å²) in [4.78, 5) is 0. The van der Waals surface area contributed by atoms with Crippen molar-refractivity contribution in [2.24, 2.45) is 40.4 Å². The highest BCUT2D eigenvalue weighted by molar-refractivity contribution is 5.32. The van der Waals surface area contributed by atoms with E-state index in [4.69, 9.17) is 0 Å². The number of hydrogen-bond acceptors (Lipinski definition) is 1. The van der Waals surface area contributed by atoms with E-state index < -0.39 is 0 Å². The maximum absolute atomic E-state index is 9.37. The van der Waals surface area contributed by atoms with Gasteiger partial charge in [0.05, 0.1) is 6.07 Å². The standard InChI is InChI=1S/C21H31N/c1-14-6-9-21(3)16(10-14)4-5-17-18(21)7-8-20(2)12-15(13-22)11-19(17)20/h12,14,16-19H,4-11H2,1-3H3/t14-,16+,17-,18+,19+,20-,21+/m0/s1. The average Bonchev–Trinajstić information content (AvgIpc) is 2.85. The number of rotatable bonds is 0. The lowest BCUT2D eigenvalue weighted by atomic mass is 9.45. The molecule has 0 radical (unpaired) electrons. The van der Waals surface area contributed by atoms with Gasteiger partial charge in [-0.3, -0.25) is 0 Å². The van der Waals surface area contributed by atoms with E-state index in [0.717, 1.165) is 41.6 Å². The minimum absolute atomic E-state index is 0.331. The number of nitriles is 1. The van der Waals surface area contributed by atoms with Crippen molar-refractivity contribution in [2.45, 2.75) is 72.1 Å². The molecule has 4 rings (SSSR count). The van der Waals surface area contributed by atoms with Gasteiger partial charge in [0.15, 0.2) is 0 Å². The molecular weight excluding hydrogens is 266 g/mol. The lowest BCUT2D eigenvalue weighted by Gasteiger charge is -2.60. The highest BCUT2D eigenvalue weighted by Gasteiger charge is 2.57. The predicted molar refractivity (Wildman–Crippen MR) is 90.0 cm³/mol. The summed E-state index contributed by atoms with van der Waals surface area (Å²) >= 11 is 0. The van der Waals surface area contributed by atoms with Gasteiger partial charge in [0.1, 0.15) is 0 Å². The quantitative estimate of drug-likeness (QED) is 0.560.